The quantitative estimate of drug-likeness (QED) is 0.512. The first-order valence-corrected chi connectivity index (χ1v) is 10.3. The third kappa shape index (κ3) is 5.07. The number of anilines is 1. The number of fused-ring (bicyclic) bond motifs is 1. The highest BCUT2D eigenvalue weighted by atomic mass is 32.1. The van der Waals surface area contributed by atoms with Crippen molar-refractivity contribution in [2.45, 2.75) is 27.4 Å². The fourth-order valence-corrected chi connectivity index (χ4v) is 3.64. The van der Waals surface area contributed by atoms with Crippen LogP contribution in [-0.4, -0.2) is 30.9 Å². The Labute approximate surface area is 179 Å². The number of nitrogens with zero attached hydrogens (tertiary/aromatic N) is 2. The maximum absolute atomic E-state index is 12.4. The number of aryl methyl sites for hydroxylation is 1. The smallest absolute Gasteiger partial charge is 0.424 e. The normalized spacial score (nSPS) is 10.8. The third-order valence-corrected chi connectivity index (χ3v) is 5.20. The Morgan fingerprint density at radius 1 is 1.13 bits per heavy atom. The van der Waals surface area contributed by atoms with E-state index in [0.717, 1.165) is 20.1 Å². The van der Waals surface area contributed by atoms with Gasteiger partial charge >= 0.3 is 12.2 Å². The fourth-order valence-electron chi connectivity index (χ4n) is 2.76. The summed E-state index contributed by atoms with van der Waals surface area (Å²) in [7, 11) is 1.22. The van der Waals surface area contributed by atoms with Crippen LogP contribution in [-0.2, 0) is 16.1 Å². The van der Waals surface area contributed by atoms with Gasteiger partial charge in [0.2, 0.25) is 0 Å². The molecule has 158 valence electrons. The number of hydrogen-bond donors (Lipinski definition) is 0. The van der Waals surface area contributed by atoms with Crippen LogP contribution in [0.2, 0.25) is 0 Å². The highest BCUT2D eigenvalue weighted by Gasteiger charge is 2.27. The van der Waals surface area contributed by atoms with Crippen LogP contribution in [0.1, 0.15) is 24.4 Å². The Morgan fingerprint density at radius 2 is 1.90 bits per heavy atom. The van der Waals surface area contributed by atoms with Crippen molar-refractivity contribution in [3.05, 3.63) is 53.0 Å². The molecule has 3 aromatic rings. The number of imide groups is 1. The molecule has 8 heteroatoms. The minimum absolute atomic E-state index is 0.146. The standard InChI is InChI=1S/C22H24N2O5S/c1-14(2)12-29-22(26)24(21(25)27-4)18-10-9-16(11-15(18)3)28-13-20-23-17-7-5-6-8-19(17)30-20/h5-11,14H,12-13H2,1-4H3. The molecule has 0 N–H and O–H groups in total. The number of methoxy groups -OCH3 is 1. The van der Waals surface area contributed by atoms with Crippen molar-refractivity contribution in [1.82, 2.24) is 4.98 Å². The molecule has 0 aliphatic carbocycles. The summed E-state index contributed by atoms with van der Waals surface area (Å²) in [4.78, 5) is 30.1. The summed E-state index contributed by atoms with van der Waals surface area (Å²) in [5, 5.41) is 0.867. The van der Waals surface area contributed by atoms with Crippen LogP contribution in [0.25, 0.3) is 10.2 Å². The van der Waals surface area contributed by atoms with Crippen LogP contribution < -0.4 is 9.64 Å². The number of hydrogen-bond acceptors (Lipinski definition) is 7. The monoisotopic (exact) mass is 428 g/mol. The lowest BCUT2D eigenvalue weighted by atomic mass is 10.2. The van der Waals surface area contributed by atoms with E-state index in [2.05, 4.69) is 4.98 Å². The number of benzene rings is 2. The van der Waals surface area contributed by atoms with Crippen molar-refractivity contribution in [1.29, 1.82) is 0 Å². The molecule has 0 fully saturated rings. The van der Waals surface area contributed by atoms with E-state index in [4.69, 9.17) is 14.2 Å². The molecule has 0 spiro atoms. The molecule has 2 amide bonds. The maximum atomic E-state index is 12.4. The third-order valence-electron chi connectivity index (χ3n) is 4.19. The Hall–Kier alpha value is -3.13. The van der Waals surface area contributed by atoms with Crippen molar-refractivity contribution in [2.75, 3.05) is 18.6 Å². The lowest BCUT2D eigenvalue weighted by molar-refractivity contribution is 0.133. The van der Waals surface area contributed by atoms with E-state index in [1.54, 1.807) is 36.5 Å². The number of para-hydroxylation sites is 1. The van der Waals surface area contributed by atoms with Gasteiger partial charge in [-0.1, -0.05) is 26.0 Å². The fraction of sp³-hybridized carbons (Fsp3) is 0.318. The predicted octanol–water partition coefficient (Wildman–Crippen LogP) is 5.55. The highest BCUT2D eigenvalue weighted by molar-refractivity contribution is 7.18. The lowest BCUT2D eigenvalue weighted by Gasteiger charge is -2.21. The largest absolute Gasteiger partial charge is 0.486 e. The summed E-state index contributed by atoms with van der Waals surface area (Å²) in [6, 6.07) is 13.0. The maximum Gasteiger partial charge on any atom is 0.424 e. The molecule has 30 heavy (non-hydrogen) atoms. The SMILES string of the molecule is COC(=O)N(C(=O)OCC(C)C)c1ccc(OCc2nc3ccccc3s2)cc1C. The number of aromatic nitrogens is 1. The van der Waals surface area contributed by atoms with Gasteiger partial charge in [-0.3, -0.25) is 0 Å². The second-order valence-electron chi connectivity index (χ2n) is 7.09. The molecule has 1 aromatic heterocycles. The van der Waals surface area contributed by atoms with Gasteiger partial charge in [-0.2, -0.15) is 4.90 Å². The van der Waals surface area contributed by atoms with Crippen LogP contribution in [0, 0.1) is 12.8 Å². The van der Waals surface area contributed by atoms with Gasteiger partial charge in [0.25, 0.3) is 0 Å². The molecule has 0 radical (unpaired) electrons. The zero-order valence-corrected chi connectivity index (χ0v) is 18.2. The van der Waals surface area contributed by atoms with E-state index < -0.39 is 12.2 Å². The molecule has 0 bridgehead atoms. The van der Waals surface area contributed by atoms with Gasteiger partial charge in [0, 0.05) is 0 Å². The summed E-state index contributed by atoms with van der Waals surface area (Å²) >= 11 is 1.58. The van der Waals surface area contributed by atoms with E-state index in [-0.39, 0.29) is 12.5 Å². The Kier molecular flexibility index (Phi) is 6.89. The molecular weight excluding hydrogens is 404 g/mol. The van der Waals surface area contributed by atoms with E-state index in [1.807, 2.05) is 38.1 Å². The summed E-state index contributed by atoms with van der Waals surface area (Å²) in [6.07, 6.45) is -1.59. The minimum Gasteiger partial charge on any atom is -0.486 e. The number of ether oxygens (including phenoxy) is 3. The van der Waals surface area contributed by atoms with Crippen molar-refractivity contribution in [3.63, 3.8) is 0 Å². The lowest BCUT2D eigenvalue weighted by Crippen LogP contribution is -2.38. The summed E-state index contributed by atoms with van der Waals surface area (Å²) in [5.41, 5.74) is 1.99. The highest BCUT2D eigenvalue weighted by Crippen LogP contribution is 2.28. The van der Waals surface area contributed by atoms with Crippen LogP contribution in [0.5, 0.6) is 5.75 Å². The number of carbonyl (C=O) groups is 2. The molecule has 0 atom stereocenters. The zero-order chi connectivity index (χ0) is 21.7. The molecule has 0 unspecified atom stereocenters. The van der Waals surface area contributed by atoms with Crippen molar-refractivity contribution in [2.24, 2.45) is 5.92 Å². The molecule has 0 aliphatic heterocycles. The van der Waals surface area contributed by atoms with E-state index >= 15 is 0 Å². The van der Waals surface area contributed by atoms with Crippen LogP contribution in [0.3, 0.4) is 0 Å². The summed E-state index contributed by atoms with van der Waals surface area (Å²) in [6.45, 7) is 6.15. The first-order chi connectivity index (χ1) is 14.4. The van der Waals surface area contributed by atoms with E-state index in [1.165, 1.54) is 7.11 Å². The van der Waals surface area contributed by atoms with Gasteiger partial charge in [-0.15, -0.1) is 11.3 Å². The summed E-state index contributed by atoms with van der Waals surface area (Å²) < 4.78 is 16.9. The molecule has 7 nitrogen and oxygen atoms in total. The minimum atomic E-state index is -0.810. The van der Waals surface area contributed by atoms with Gasteiger partial charge < -0.3 is 14.2 Å². The second-order valence-corrected chi connectivity index (χ2v) is 8.20. The molecule has 3 rings (SSSR count). The number of thiazole rings is 1. The van der Waals surface area contributed by atoms with Crippen LogP contribution in [0.15, 0.2) is 42.5 Å². The van der Waals surface area contributed by atoms with Gasteiger partial charge in [-0.05, 0) is 48.7 Å². The number of rotatable bonds is 6. The van der Waals surface area contributed by atoms with Crippen LogP contribution >= 0.6 is 11.3 Å². The molecule has 2 aromatic carbocycles. The van der Waals surface area contributed by atoms with E-state index in [9.17, 15) is 9.59 Å². The Balaban J connectivity index is 1.74. The Bertz CT molecular complexity index is 1010. The van der Waals surface area contributed by atoms with Crippen molar-refractivity contribution in [3.8, 4) is 5.75 Å². The number of carbonyl (C=O) groups excluding carboxylic acids is 2. The van der Waals surface area contributed by atoms with Gasteiger partial charge in [0.05, 0.1) is 29.6 Å². The summed E-state index contributed by atoms with van der Waals surface area (Å²) in [5.74, 6) is 0.753. The molecule has 0 aliphatic rings. The van der Waals surface area contributed by atoms with Gasteiger partial charge in [0.15, 0.2) is 0 Å². The first-order valence-electron chi connectivity index (χ1n) is 9.51. The average Bonchev–Trinajstić information content (AvgIpc) is 3.15. The topological polar surface area (TPSA) is 78.0 Å². The van der Waals surface area contributed by atoms with Crippen LogP contribution in [0.4, 0.5) is 15.3 Å². The van der Waals surface area contributed by atoms with Gasteiger partial charge in [0.1, 0.15) is 17.4 Å². The number of amides is 2. The van der Waals surface area contributed by atoms with Crippen molar-refractivity contribution >= 4 is 39.4 Å². The van der Waals surface area contributed by atoms with Crippen molar-refractivity contribution < 1.29 is 23.8 Å². The second kappa shape index (κ2) is 9.58. The Morgan fingerprint density at radius 3 is 2.57 bits per heavy atom. The molecule has 1 heterocycles. The molecule has 0 saturated carbocycles. The molecular formula is C22H24N2O5S. The molecule has 0 saturated heterocycles. The predicted molar refractivity (Wildman–Crippen MR) is 116 cm³/mol. The first kappa shape index (κ1) is 21.6. The average molecular weight is 429 g/mol. The van der Waals surface area contributed by atoms with E-state index in [0.29, 0.717) is 23.6 Å². The zero-order valence-electron chi connectivity index (χ0n) is 17.4. The van der Waals surface area contributed by atoms with Gasteiger partial charge in [-0.25, -0.2) is 14.6 Å².